The maximum Gasteiger partial charge on any atom is 0.158 e. The lowest BCUT2D eigenvalue weighted by Crippen LogP contribution is -2.05. The summed E-state index contributed by atoms with van der Waals surface area (Å²) in [4.78, 5) is 8.59. The van der Waals surface area contributed by atoms with Crippen molar-refractivity contribution >= 4 is 11.3 Å². The molecule has 0 aliphatic rings. The Bertz CT molecular complexity index is 1060. The van der Waals surface area contributed by atoms with E-state index in [0.717, 1.165) is 12.1 Å². The molecule has 25 heavy (non-hydrogen) atoms. The van der Waals surface area contributed by atoms with Crippen LogP contribution in [0, 0.1) is 12.7 Å². The van der Waals surface area contributed by atoms with E-state index in [1.54, 1.807) is 10.7 Å². The van der Waals surface area contributed by atoms with Gasteiger partial charge in [-0.3, -0.25) is 0 Å². The van der Waals surface area contributed by atoms with Crippen molar-refractivity contribution in [3.8, 4) is 0 Å². The van der Waals surface area contributed by atoms with Crippen molar-refractivity contribution in [3.05, 3.63) is 59.2 Å². The van der Waals surface area contributed by atoms with Crippen molar-refractivity contribution in [3.63, 3.8) is 0 Å². The average Bonchev–Trinajstić information content (AvgIpc) is 3.18. The molecule has 6 nitrogen and oxygen atoms in total. The zero-order chi connectivity index (χ0) is 17.6. The SMILES string of the molecule is CCc1cn2nc(CC(C)c3cn4ncnc4cc3F)nc2cc1C. The molecule has 1 atom stereocenters. The zero-order valence-electron chi connectivity index (χ0n) is 14.4. The van der Waals surface area contributed by atoms with Crippen molar-refractivity contribution in [2.75, 3.05) is 0 Å². The first kappa shape index (κ1) is 15.7. The second-order valence-corrected chi connectivity index (χ2v) is 6.41. The highest BCUT2D eigenvalue weighted by Gasteiger charge is 2.17. The summed E-state index contributed by atoms with van der Waals surface area (Å²) in [6, 6.07) is 3.45. The van der Waals surface area contributed by atoms with Gasteiger partial charge in [-0.1, -0.05) is 13.8 Å². The highest BCUT2D eigenvalue weighted by molar-refractivity contribution is 5.44. The van der Waals surface area contributed by atoms with Crippen LogP contribution >= 0.6 is 0 Å². The fourth-order valence-corrected chi connectivity index (χ4v) is 3.17. The van der Waals surface area contributed by atoms with E-state index in [0.29, 0.717) is 23.5 Å². The molecule has 0 saturated carbocycles. The lowest BCUT2D eigenvalue weighted by Gasteiger charge is -2.10. The van der Waals surface area contributed by atoms with Crippen LogP contribution in [-0.4, -0.2) is 29.2 Å². The normalized spacial score (nSPS) is 13.0. The van der Waals surface area contributed by atoms with Gasteiger partial charge in [0.1, 0.15) is 12.1 Å². The first-order valence-corrected chi connectivity index (χ1v) is 8.38. The Balaban J connectivity index is 1.66. The maximum atomic E-state index is 14.4. The van der Waals surface area contributed by atoms with Crippen molar-refractivity contribution in [2.45, 2.75) is 39.5 Å². The molecule has 1 unspecified atom stereocenters. The third-order valence-corrected chi connectivity index (χ3v) is 4.63. The molecule has 7 heteroatoms. The molecule has 0 amide bonds. The Morgan fingerprint density at radius 2 is 2.00 bits per heavy atom. The first-order valence-electron chi connectivity index (χ1n) is 8.38. The Labute approximate surface area is 144 Å². The molecular formula is C18H19FN6. The van der Waals surface area contributed by atoms with Crippen LogP contribution < -0.4 is 0 Å². The Hall–Kier alpha value is -2.83. The molecule has 0 radical (unpaired) electrons. The Morgan fingerprint density at radius 1 is 1.16 bits per heavy atom. The fraction of sp³-hybridized carbons (Fsp3) is 0.333. The minimum atomic E-state index is -0.277. The van der Waals surface area contributed by atoms with E-state index in [9.17, 15) is 4.39 Å². The molecule has 0 N–H and O–H groups in total. The number of aromatic nitrogens is 6. The predicted octanol–water partition coefficient (Wildman–Crippen LogP) is 3.13. The summed E-state index contributed by atoms with van der Waals surface area (Å²) in [6.45, 7) is 6.17. The smallest absolute Gasteiger partial charge is 0.158 e. The van der Waals surface area contributed by atoms with Gasteiger partial charge in [0.25, 0.3) is 0 Å². The zero-order valence-corrected chi connectivity index (χ0v) is 14.4. The van der Waals surface area contributed by atoms with Gasteiger partial charge in [-0.05, 0) is 36.5 Å². The summed E-state index contributed by atoms with van der Waals surface area (Å²) in [5.74, 6) is 0.358. The molecule has 0 bridgehead atoms. The van der Waals surface area contributed by atoms with E-state index in [-0.39, 0.29) is 11.7 Å². The number of hydrogen-bond acceptors (Lipinski definition) is 4. The fourth-order valence-electron chi connectivity index (χ4n) is 3.17. The van der Waals surface area contributed by atoms with Crippen molar-refractivity contribution < 1.29 is 4.39 Å². The van der Waals surface area contributed by atoms with Crippen molar-refractivity contribution in [2.24, 2.45) is 0 Å². The third-order valence-electron chi connectivity index (χ3n) is 4.63. The molecular weight excluding hydrogens is 319 g/mol. The van der Waals surface area contributed by atoms with E-state index in [4.69, 9.17) is 0 Å². The third kappa shape index (κ3) is 2.75. The minimum absolute atomic E-state index is 0.0715. The summed E-state index contributed by atoms with van der Waals surface area (Å²) >= 11 is 0. The molecule has 4 heterocycles. The van der Waals surface area contributed by atoms with Gasteiger partial charge in [0.2, 0.25) is 0 Å². The Kier molecular flexibility index (Phi) is 3.71. The molecule has 4 aromatic rings. The summed E-state index contributed by atoms with van der Waals surface area (Å²) < 4.78 is 17.8. The van der Waals surface area contributed by atoms with Gasteiger partial charge in [0.15, 0.2) is 17.1 Å². The molecule has 0 spiro atoms. The number of halogens is 1. The van der Waals surface area contributed by atoms with Crippen LogP contribution in [0.1, 0.15) is 42.3 Å². The summed E-state index contributed by atoms with van der Waals surface area (Å²) in [7, 11) is 0. The van der Waals surface area contributed by atoms with Crippen LogP contribution in [0.4, 0.5) is 4.39 Å². The number of aryl methyl sites for hydroxylation is 2. The molecule has 0 saturated heterocycles. The van der Waals surface area contributed by atoms with Crippen LogP contribution in [0.15, 0.2) is 30.9 Å². The van der Waals surface area contributed by atoms with Crippen LogP contribution in [0.2, 0.25) is 0 Å². The van der Waals surface area contributed by atoms with Gasteiger partial charge < -0.3 is 0 Å². The number of pyridine rings is 2. The summed E-state index contributed by atoms with van der Waals surface area (Å²) in [6.07, 6.45) is 6.64. The lowest BCUT2D eigenvalue weighted by atomic mass is 9.99. The van der Waals surface area contributed by atoms with Gasteiger partial charge in [0.05, 0.1) is 0 Å². The van der Waals surface area contributed by atoms with E-state index in [1.807, 2.05) is 23.7 Å². The number of rotatable bonds is 4. The second-order valence-electron chi connectivity index (χ2n) is 6.41. The monoisotopic (exact) mass is 338 g/mol. The van der Waals surface area contributed by atoms with Crippen molar-refractivity contribution in [1.29, 1.82) is 0 Å². The van der Waals surface area contributed by atoms with E-state index < -0.39 is 0 Å². The second kappa shape index (κ2) is 5.91. The van der Waals surface area contributed by atoms with Crippen LogP contribution in [0.3, 0.4) is 0 Å². The number of fused-ring (bicyclic) bond motifs is 2. The Morgan fingerprint density at radius 3 is 2.80 bits per heavy atom. The molecule has 0 fully saturated rings. The predicted molar refractivity (Wildman–Crippen MR) is 92.2 cm³/mol. The van der Waals surface area contributed by atoms with Gasteiger partial charge >= 0.3 is 0 Å². The molecule has 0 aliphatic heterocycles. The van der Waals surface area contributed by atoms with Crippen LogP contribution in [0.25, 0.3) is 11.3 Å². The van der Waals surface area contributed by atoms with E-state index in [1.165, 1.54) is 23.5 Å². The van der Waals surface area contributed by atoms with E-state index >= 15 is 0 Å². The minimum Gasteiger partial charge on any atom is -0.221 e. The molecule has 4 rings (SSSR count). The largest absolute Gasteiger partial charge is 0.221 e. The molecule has 0 aromatic carbocycles. The van der Waals surface area contributed by atoms with E-state index in [2.05, 4.69) is 34.0 Å². The standard InChI is InChI=1S/C18H19FN6/c1-4-13-8-25-18(6-11(13)2)22-16(23-25)5-12(3)14-9-24-17(7-15(14)19)20-10-21-24/h6-10,12H,4-5H2,1-3H3. The van der Waals surface area contributed by atoms with Crippen LogP contribution in [0.5, 0.6) is 0 Å². The molecule has 4 aromatic heterocycles. The first-order chi connectivity index (χ1) is 12.0. The quantitative estimate of drug-likeness (QED) is 0.573. The van der Waals surface area contributed by atoms with Gasteiger partial charge in [0, 0.05) is 30.4 Å². The molecule has 128 valence electrons. The van der Waals surface area contributed by atoms with Gasteiger partial charge in [-0.25, -0.2) is 23.4 Å². The van der Waals surface area contributed by atoms with Gasteiger partial charge in [-0.2, -0.15) is 10.2 Å². The lowest BCUT2D eigenvalue weighted by molar-refractivity contribution is 0.578. The summed E-state index contributed by atoms with van der Waals surface area (Å²) in [5.41, 5.74) is 4.37. The maximum absolute atomic E-state index is 14.4. The molecule has 0 aliphatic carbocycles. The van der Waals surface area contributed by atoms with Gasteiger partial charge in [-0.15, -0.1) is 0 Å². The highest BCUT2D eigenvalue weighted by Crippen LogP contribution is 2.23. The number of nitrogens with zero attached hydrogens (tertiary/aromatic N) is 6. The van der Waals surface area contributed by atoms with Crippen LogP contribution in [-0.2, 0) is 12.8 Å². The van der Waals surface area contributed by atoms with Crippen molar-refractivity contribution in [1.82, 2.24) is 29.2 Å². The average molecular weight is 338 g/mol. The summed E-state index contributed by atoms with van der Waals surface area (Å²) in [5, 5.41) is 8.64. The highest BCUT2D eigenvalue weighted by atomic mass is 19.1. The number of hydrogen-bond donors (Lipinski definition) is 0. The topological polar surface area (TPSA) is 60.4 Å².